The van der Waals surface area contributed by atoms with Crippen molar-refractivity contribution in [2.45, 2.75) is 52.4 Å². The molecule has 0 saturated heterocycles. The van der Waals surface area contributed by atoms with E-state index in [4.69, 9.17) is 0 Å². The minimum Gasteiger partial charge on any atom is -0.206 e. The zero-order valence-electron chi connectivity index (χ0n) is 17.1. The number of hydrogen-bond acceptors (Lipinski definition) is 0. The highest BCUT2D eigenvalue weighted by Gasteiger charge is 2.17. The molecule has 0 aliphatic heterocycles. The van der Waals surface area contributed by atoms with Gasteiger partial charge in [0.25, 0.3) is 0 Å². The average Bonchev–Trinajstić information content (AvgIpc) is 2.74. The summed E-state index contributed by atoms with van der Waals surface area (Å²) in [5.41, 5.74) is 1.98. The van der Waals surface area contributed by atoms with Crippen LogP contribution in [0, 0.1) is 5.82 Å². The third-order valence-electron chi connectivity index (χ3n) is 5.26. The average molecular weight is 396 g/mol. The van der Waals surface area contributed by atoms with Gasteiger partial charge in [0.05, 0.1) is 0 Å². The topological polar surface area (TPSA) is 0 Å². The van der Waals surface area contributed by atoms with E-state index >= 15 is 0 Å². The van der Waals surface area contributed by atoms with Gasteiger partial charge >= 0.3 is 0 Å². The Kier molecular flexibility index (Phi) is 7.13. The van der Waals surface area contributed by atoms with Gasteiger partial charge in [-0.25, -0.2) is 13.2 Å². The van der Waals surface area contributed by atoms with Crippen LogP contribution in [0.25, 0.3) is 22.4 Å². The summed E-state index contributed by atoms with van der Waals surface area (Å²) in [4.78, 5) is 0. The summed E-state index contributed by atoms with van der Waals surface area (Å²) < 4.78 is 44.4. The lowest BCUT2D eigenvalue weighted by molar-refractivity contribution is 0.622. The monoisotopic (exact) mass is 396 g/mol. The molecule has 0 amide bonds. The molecule has 0 radical (unpaired) electrons. The Labute approximate surface area is 171 Å². The van der Waals surface area contributed by atoms with Gasteiger partial charge in [0, 0.05) is 16.5 Å². The second-order valence-corrected chi connectivity index (χ2v) is 7.51. The molecule has 0 unspecified atom stereocenters. The van der Waals surface area contributed by atoms with E-state index in [2.05, 4.69) is 13.8 Å². The lowest BCUT2D eigenvalue weighted by Crippen LogP contribution is -1.93. The van der Waals surface area contributed by atoms with Crippen molar-refractivity contribution in [3.8, 4) is 0 Å². The number of benzene rings is 3. The Hall–Kier alpha value is -2.55. The van der Waals surface area contributed by atoms with E-state index in [1.807, 2.05) is 12.1 Å². The molecule has 3 rings (SSSR count). The van der Waals surface area contributed by atoms with Gasteiger partial charge in [0.2, 0.25) is 0 Å². The van der Waals surface area contributed by atoms with Crippen molar-refractivity contribution in [1.29, 1.82) is 0 Å². The summed E-state index contributed by atoms with van der Waals surface area (Å²) in [5, 5.41) is 1.01. The lowest BCUT2D eigenvalue weighted by atomic mass is 9.99. The van der Waals surface area contributed by atoms with Crippen LogP contribution in [0.5, 0.6) is 0 Å². The van der Waals surface area contributed by atoms with Crippen molar-refractivity contribution in [1.82, 2.24) is 0 Å². The number of fused-ring (bicyclic) bond motifs is 1. The Bertz CT molecular complexity index is 1000. The Balaban J connectivity index is 1.92. The molecule has 3 heteroatoms. The Morgan fingerprint density at radius 1 is 0.724 bits per heavy atom. The second kappa shape index (κ2) is 9.78. The maximum absolute atomic E-state index is 15.0. The summed E-state index contributed by atoms with van der Waals surface area (Å²) in [5.74, 6) is -2.93. The van der Waals surface area contributed by atoms with Gasteiger partial charge in [-0.05, 0) is 41.8 Å². The fourth-order valence-corrected chi connectivity index (χ4v) is 3.60. The van der Waals surface area contributed by atoms with Crippen molar-refractivity contribution < 1.29 is 13.2 Å². The zero-order valence-corrected chi connectivity index (χ0v) is 17.1. The van der Waals surface area contributed by atoms with E-state index in [0.29, 0.717) is 10.8 Å². The first-order valence-corrected chi connectivity index (χ1v) is 10.4. The maximum atomic E-state index is 15.0. The van der Waals surface area contributed by atoms with Crippen LogP contribution in [0.15, 0.2) is 54.6 Å². The summed E-state index contributed by atoms with van der Waals surface area (Å²) in [6.45, 7) is 4.21. The van der Waals surface area contributed by atoms with E-state index in [0.717, 1.165) is 49.7 Å². The van der Waals surface area contributed by atoms with E-state index < -0.39 is 17.5 Å². The molecule has 0 spiro atoms. The molecule has 0 heterocycles. The van der Waals surface area contributed by atoms with Gasteiger partial charge in [0.15, 0.2) is 11.7 Å². The number of halogens is 3. The molecule has 0 bridgehead atoms. The molecule has 0 aromatic heterocycles. The SMILES string of the molecule is CCCCCc1ccc2c(F)c(C(F)=C(F)c3ccc(CCC)cc3)ccc2c1. The van der Waals surface area contributed by atoms with E-state index in [-0.39, 0.29) is 11.1 Å². The molecular formula is C26H27F3. The van der Waals surface area contributed by atoms with Crippen molar-refractivity contribution in [2.24, 2.45) is 0 Å². The van der Waals surface area contributed by atoms with Gasteiger partial charge in [0.1, 0.15) is 5.82 Å². The third kappa shape index (κ3) is 4.90. The van der Waals surface area contributed by atoms with Crippen LogP contribution < -0.4 is 0 Å². The number of aryl methyl sites for hydroxylation is 2. The highest BCUT2D eigenvalue weighted by atomic mass is 19.2. The maximum Gasteiger partial charge on any atom is 0.169 e. The van der Waals surface area contributed by atoms with Crippen molar-refractivity contribution in [3.05, 3.63) is 82.7 Å². The van der Waals surface area contributed by atoms with Gasteiger partial charge in [-0.2, -0.15) is 0 Å². The fourth-order valence-electron chi connectivity index (χ4n) is 3.60. The summed E-state index contributed by atoms with van der Waals surface area (Å²) in [7, 11) is 0. The molecular weight excluding hydrogens is 369 g/mol. The predicted octanol–water partition coefficient (Wildman–Crippen LogP) is 8.43. The quantitative estimate of drug-likeness (QED) is 0.265. The van der Waals surface area contributed by atoms with Gasteiger partial charge < -0.3 is 0 Å². The molecule has 0 aliphatic carbocycles. The predicted molar refractivity (Wildman–Crippen MR) is 117 cm³/mol. The first-order chi connectivity index (χ1) is 14.0. The Morgan fingerprint density at radius 2 is 1.45 bits per heavy atom. The van der Waals surface area contributed by atoms with Crippen molar-refractivity contribution in [2.75, 3.05) is 0 Å². The van der Waals surface area contributed by atoms with E-state index in [1.54, 1.807) is 36.4 Å². The molecule has 0 N–H and O–H groups in total. The highest BCUT2D eigenvalue weighted by molar-refractivity contribution is 5.91. The largest absolute Gasteiger partial charge is 0.206 e. The van der Waals surface area contributed by atoms with Crippen LogP contribution >= 0.6 is 0 Å². The van der Waals surface area contributed by atoms with Crippen LogP contribution in [0.3, 0.4) is 0 Å². The molecule has 0 nitrogen and oxygen atoms in total. The van der Waals surface area contributed by atoms with Crippen LogP contribution in [0.2, 0.25) is 0 Å². The summed E-state index contributed by atoms with van der Waals surface area (Å²) in [6, 6.07) is 15.1. The molecule has 3 aromatic carbocycles. The van der Waals surface area contributed by atoms with Crippen LogP contribution in [-0.2, 0) is 12.8 Å². The molecule has 152 valence electrons. The van der Waals surface area contributed by atoms with Crippen LogP contribution in [-0.4, -0.2) is 0 Å². The molecule has 29 heavy (non-hydrogen) atoms. The highest BCUT2D eigenvalue weighted by Crippen LogP contribution is 2.33. The standard InChI is InChI=1S/C26H27F3/c1-3-5-6-8-19-11-15-22-21(17-19)14-16-23(25(22)28)26(29)24(27)20-12-9-18(7-4-2)10-13-20/h9-17H,3-8H2,1-2H3. The molecule has 0 atom stereocenters. The van der Waals surface area contributed by atoms with Crippen LogP contribution in [0.1, 0.15) is 61.8 Å². The Morgan fingerprint density at radius 3 is 2.14 bits per heavy atom. The molecule has 0 aliphatic rings. The first kappa shape index (κ1) is 21.2. The minimum atomic E-state index is -1.17. The van der Waals surface area contributed by atoms with Gasteiger partial charge in [-0.1, -0.05) is 81.6 Å². The lowest BCUT2D eigenvalue weighted by Gasteiger charge is -2.09. The van der Waals surface area contributed by atoms with Crippen molar-refractivity contribution >= 4 is 22.4 Å². The van der Waals surface area contributed by atoms with Gasteiger partial charge in [-0.15, -0.1) is 0 Å². The van der Waals surface area contributed by atoms with E-state index in [9.17, 15) is 13.2 Å². The molecule has 0 saturated carbocycles. The fraction of sp³-hybridized carbons (Fsp3) is 0.308. The summed E-state index contributed by atoms with van der Waals surface area (Å²) in [6.07, 6.45) is 6.18. The van der Waals surface area contributed by atoms with Gasteiger partial charge in [-0.3, -0.25) is 0 Å². The van der Waals surface area contributed by atoms with Crippen LogP contribution in [0.4, 0.5) is 13.2 Å². The number of unbranched alkanes of at least 4 members (excludes halogenated alkanes) is 2. The third-order valence-corrected chi connectivity index (χ3v) is 5.26. The smallest absolute Gasteiger partial charge is 0.169 e. The van der Waals surface area contributed by atoms with E-state index in [1.165, 1.54) is 6.07 Å². The number of hydrogen-bond donors (Lipinski definition) is 0. The minimum absolute atomic E-state index is 0.119. The summed E-state index contributed by atoms with van der Waals surface area (Å²) >= 11 is 0. The zero-order chi connectivity index (χ0) is 20.8. The molecule has 0 fully saturated rings. The number of rotatable bonds is 8. The second-order valence-electron chi connectivity index (χ2n) is 7.51. The molecule has 3 aromatic rings. The normalized spacial score (nSPS) is 12.3. The van der Waals surface area contributed by atoms with Crippen molar-refractivity contribution in [3.63, 3.8) is 0 Å². The first-order valence-electron chi connectivity index (χ1n) is 10.4.